The number of nitrogens with zero attached hydrogens (tertiary/aromatic N) is 1. The highest BCUT2D eigenvalue weighted by Gasteiger charge is 2.28. The molecule has 0 heterocycles. The van der Waals surface area contributed by atoms with E-state index in [1.54, 1.807) is 11.9 Å². The predicted molar refractivity (Wildman–Crippen MR) is 107 cm³/mol. The molecule has 5 heteroatoms. The molecule has 1 atom stereocenters. The van der Waals surface area contributed by atoms with E-state index in [-0.39, 0.29) is 18.4 Å². The van der Waals surface area contributed by atoms with Crippen molar-refractivity contribution < 1.29 is 14.3 Å². The molecule has 0 fully saturated rings. The molecule has 1 N–H and O–H groups in total. The summed E-state index contributed by atoms with van der Waals surface area (Å²) < 4.78 is 5.78. The van der Waals surface area contributed by atoms with Crippen LogP contribution in [0.25, 0.3) is 0 Å². The molecule has 2 rings (SSSR count). The van der Waals surface area contributed by atoms with Gasteiger partial charge in [0.1, 0.15) is 11.8 Å². The van der Waals surface area contributed by atoms with Gasteiger partial charge in [-0.3, -0.25) is 9.59 Å². The van der Waals surface area contributed by atoms with E-state index < -0.39 is 6.04 Å². The van der Waals surface area contributed by atoms with Crippen molar-refractivity contribution in [1.29, 1.82) is 0 Å². The van der Waals surface area contributed by atoms with Crippen molar-refractivity contribution in [1.82, 2.24) is 10.2 Å². The number of amides is 2. The Bertz CT molecular complexity index is 774. The van der Waals surface area contributed by atoms with Crippen molar-refractivity contribution in [3.8, 4) is 5.75 Å². The molecule has 0 spiro atoms. The molecule has 2 aromatic rings. The van der Waals surface area contributed by atoms with Crippen LogP contribution in [0.3, 0.4) is 0 Å². The smallest absolute Gasteiger partial charge is 0.261 e. The van der Waals surface area contributed by atoms with Gasteiger partial charge in [0.2, 0.25) is 5.91 Å². The van der Waals surface area contributed by atoms with Crippen LogP contribution >= 0.6 is 0 Å². The van der Waals surface area contributed by atoms with Crippen molar-refractivity contribution in [2.75, 3.05) is 13.7 Å². The number of hydrogen-bond donors (Lipinski definition) is 1. The maximum absolute atomic E-state index is 13.0. The van der Waals surface area contributed by atoms with Gasteiger partial charge in [-0.05, 0) is 43.0 Å². The summed E-state index contributed by atoms with van der Waals surface area (Å²) in [6.07, 6.45) is 0.529. The summed E-state index contributed by atoms with van der Waals surface area (Å²) >= 11 is 0. The Balaban J connectivity index is 2.19. The standard InChI is InChI=1S/C22H28N2O3/c1-5-19(22(26)23-4)24(14-18-9-7-6-8-10-18)21(25)15-27-20-13-16(2)11-12-17(20)3/h6-13,19H,5,14-15H2,1-4H3,(H,23,26)/t19-/m1/s1. The molecular formula is C22H28N2O3. The molecule has 2 amide bonds. The zero-order valence-corrected chi connectivity index (χ0v) is 16.5. The van der Waals surface area contributed by atoms with Crippen molar-refractivity contribution in [2.24, 2.45) is 0 Å². The molecule has 27 heavy (non-hydrogen) atoms. The molecule has 5 nitrogen and oxygen atoms in total. The van der Waals surface area contributed by atoms with Gasteiger partial charge in [0, 0.05) is 13.6 Å². The van der Waals surface area contributed by atoms with E-state index in [0.29, 0.717) is 18.7 Å². The van der Waals surface area contributed by atoms with Crippen molar-refractivity contribution >= 4 is 11.8 Å². The van der Waals surface area contributed by atoms with Gasteiger partial charge in [-0.15, -0.1) is 0 Å². The molecule has 2 aromatic carbocycles. The van der Waals surface area contributed by atoms with Crippen LogP contribution in [-0.2, 0) is 16.1 Å². The number of ether oxygens (including phenoxy) is 1. The van der Waals surface area contributed by atoms with Crippen molar-refractivity contribution in [2.45, 2.75) is 39.8 Å². The lowest BCUT2D eigenvalue weighted by Crippen LogP contribution is -2.49. The highest BCUT2D eigenvalue weighted by molar-refractivity contribution is 5.88. The van der Waals surface area contributed by atoms with Gasteiger partial charge in [0.25, 0.3) is 5.91 Å². The van der Waals surface area contributed by atoms with Crippen molar-refractivity contribution in [3.05, 3.63) is 65.2 Å². The van der Waals surface area contributed by atoms with Gasteiger partial charge in [0.05, 0.1) is 0 Å². The minimum absolute atomic E-state index is 0.107. The van der Waals surface area contributed by atoms with Crippen LogP contribution < -0.4 is 10.1 Å². The van der Waals surface area contributed by atoms with Crippen LogP contribution in [0.4, 0.5) is 0 Å². The van der Waals surface area contributed by atoms with Gasteiger partial charge >= 0.3 is 0 Å². The van der Waals surface area contributed by atoms with E-state index in [1.165, 1.54) is 0 Å². The molecule has 0 aromatic heterocycles. The fraction of sp³-hybridized carbons (Fsp3) is 0.364. The molecule has 0 saturated heterocycles. The topological polar surface area (TPSA) is 58.6 Å². The number of nitrogens with one attached hydrogen (secondary N) is 1. The van der Waals surface area contributed by atoms with Crippen LogP contribution in [0.15, 0.2) is 48.5 Å². The Morgan fingerprint density at radius 2 is 1.81 bits per heavy atom. The van der Waals surface area contributed by atoms with Crippen LogP contribution in [0.2, 0.25) is 0 Å². The largest absolute Gasteiger partial charge is 0.483 e. The predicted octanol–water partition coefficient (Wildman–Crippen LogP) is 3.24. The van der Waals surface area contributed by atoms with Crippen LogP contribution in [0.5, 0.6) is 5.75 Å². The van der Waals surface area contributed by atoms with Crippen molar-refractivity contribution in [3.63, 3.8) is 0 Å². The van der Waals surface area contributed by atoms with E-state index in [1.807, 2.05) is 69.3 Å². The Kier molecular flexibility index (Phi) is 7.41. The first-order valence-electron chi connectivity index (χ1n) is 9.21. The summed E-state index contributed by atoms with van der Waals surface area (Å²) in [5, 5.41) is 2.65. The first-order chi connectivity index (χ1) is 13.0. The number of carbonyl (C=O) groups excluding carboxylic acids is 2. The number of benzene rings is 2. The Hall–Kier alpha value is -2.82. The lowest BCUT2D eigenvalue weighted by molar-refractivity contribution is -0.142. The van der Waals surface area contributed by atoms with E-state index in [4.69, 9.17) is 4.74 Å². The monoisotopic (exact) mass is 368 g/mol. The van der Waals surface area contributed by atoms with Gasteiger partial charge in [-0.25, -0.2) is 0 Å². The summed E-state index contributed by atoms with van der Waals surface area (Å²) in [7, 11) is 1.59. The molecule has 0 radical (unpaired) electrons. The molecular weight excluding hydrogens is 340 g/mol. The summed E-state index contributed by atoms with van der Waals surface area (Å²) in [5.74, 6) is 0.305. The Morgan fingerprint density at radius 1 is 1.11 bits per heavy atom. The average molecular weight is 368 g/mol. The van der Waals surface area contributed by atoms with Gasteiger partial charge < -0.3 is 15.0 Å². The maximum Gasteiger partial charge on any atom is 0.261 e. The number of rotatable bonds is 8. The lowest BCUT2D eigenvalue weighted by Gasteiger charge is -2.30. The second-order valence-electron chi connectivity index (χ2n) is 6.60. The summed E-state index contributed by atoms with van der Waals surface area (Å²) in [6, 6.07) is 15.0. The molecule has 0 aliphatic rings. The quantitative estimate of drug-likeness (QED) is 0.778. The first kappa shape index (κ1) is 20.5. The van der Waals surface area contributed by atoms with E-state index in [0.717, 1.165) is 16.7 Å². The normalized spacial score (nSPS) is 11.6. The fourth-order valence-corrected chi connectivity index (χ4v) is 2.95. The minimum atomic E-state index is -0.537. The number of carbonyl (C=O) groups is 2. The second-order valence-corrected chi connectivity index (χ2v) is 6.60. The SMILES string of the molecule is CC[C@H](C(=O)NC)N(Cc1ccccc1)C(=O)COc1cc(C)ccc1C. The van der Waals surface area contributed by atoms with E-state index in [2.05, 4.69) is 5.32 Å². The lowest BCUT2D eigenvalue weighted by atomic mass is 10.1. The molecule has 0 unspecified atom stereocenters. The molecule has 0 aliphatic carbocycles. The zero-order chi connectivity index (χ0) is 19.8. The molecule has 144 valence electrons. The third-order valence-corrected chi connectivity index (χ3v) is 4.52. The Morgan fingerprint density at radius 3 is 2.44 bits per heavy atom. The van der Waals surface area contributed by atoms with Crippen LogP contribution in [0, 0.1) is 13.8 Å². The van der Waals surface area contributed by atoms with Crippen LogP contribution in [0.1, 0.15) is 30.0 Å². The Labute approximate surface area is 161 Å². The highest BCUT2D eigenvalue weighted by Crippen LogP contribution is 2.20. The summed E-state index contributed by atoms with van der Waals surface area (Å²) in [5.41, 5.74) is 3.02. The molecule has 0 aliphatic heterocycles. The second kappa shape index (κ2) is 9.76. The van der Waals surface area contributed by atoms with Crippen LogP contribution in [-0.4, -0.2) is 36.4 Å². The first-order valence-corrected chi connectivity index (χ1v) is 9.21. The molecule has 0 bridgehead atoms. The number of hydrogen-bond acceptors (Lipinski definition) is 3. The summed E-state index contributed by atoms with van der Waals surface area (Å²) in [4.78, 5) is 26.9. The van der Waals surface area contributed by atoms with Gasteiger partial charge in [-0.1, -0.05) is 49.4 Å². The number of likely N-dealkylation sites (N-methyl/N-ethyl adjacent to an activating group) is 1. The number of aryl methyl sites for hydroxylation is 2. The summed E-state index contributed by atoms with van der Waals surface area (Å²) in [6.45, 7) is 6.08. The fourth-order valence-electron chi connectivity index (χ4n) is 2.95. The zero-order valence-electron chi connectivity index (χ0n) is 16.5. The third-order valence-electron chi connectivity index (χ3n) is 4.52. The van der Waals surface area contributed by atoms with Gasteiger partial charge in [0.15, 0.2) is 6.61 Å². The van der Waals surface area contributed by atoms with E-state index in [9.17, 15) is 9.59 Å². The maximum atomic E-state index is 13.0. The average Bonchev–Trinajstić information content (AvgIpc) is 2.68. The highest BCUT2D eigenvalue weighted by atomic mass is 16.5. The van der Waals surface area contributed by atoms with E-state index >= 15 is 0 Å². The molecule has 0 saturated carbocycles. The minimum Gasteiger partial charge on any atom is -0.483 e. The third kappa shape index (κ3) is 5.58. The van der Waals surface area contributed by atoms with Gasteiger partial charge in [-0.2, -0.15) is 0 Å².